The number of hydrogen-bond donors (Lipinski definition) is 1. The van der Waals surface area contributed by atoms with Crippen molar-refractivity contribution in [2.75, 3.05) is 11.9 Å². The lowest BCUT2D eigenvalue weighted by Crippen LogP contribution is -2.20. The van der Waals surface area contributed by atoms with Crippen LogP contribution in [0.5, 0.6) is 0 Å². The van der Waals surface area contributed by atoms with E-state index in [-0.39, 0.29) is 6.61 Å². The zero-order valence-corrected chi connectivity index (χ0v) is 15.3. The van der Waals surface area contributed by atoms with E-state index >= 15 is 0 Å². The fourth-order valence-electron chi connectivity index (χ4n) is 2.12. The second-order valence-corrected chi connectivity index (χ2v) is 6.03. The van der Waals surface area contributed by atoms with Crippen molar-refractivity contribution in [2.45, 2.75) is 13.8 Å². The Balaban J connectivity index is 1.88. The predicted octanol–water partition coefficient (Wildman–Crippen LogP) is 2.99. The molecule has 126 valence electrons. The van der Waals surface area contributed by atoms with E-state index in [1.54, 1.807) is 22.9 Å². The van der Waals surface area contributed by atoms with Gasteiger partial charge in [0, 0.05) is 28.9 Å². The van der Waals surface area contributed by atoms with Crippen LogP contribution in [0.15, 0.2) is 34.8 Å². The number of ether oxygens (including phenoxy) is 1. The van der Waals surface area contributed by atoms with Crippen LogP contribution in [0.1, 0.15) is 17.0 Å². The van der Waals surface area contributed by atoms with Crippen molar-refractivity contribution >= 4 is 39.6 Å². The molecule has 1 N–H and O–H groups in total. The topological polar surface area (TPSA) is 73.2 Å². The van der Waals surface area contributed by atoms with E-state index in [1.807, 2.05) is 33.0 Å². The van der Waals surface area contributed by atoms with Gasteiger partial charge in [-0.2, -0.15) is 5.10 Å². The summed E-state index contributed by atoms with van der Waals surface area (Å²) in [5.41, 5.74) is 3.26. The van der Waals surface area contributed by atoms with Gasteiger partial charge in [-0.15, -0.1) is 0 Å². The molecule has 6 nitrogen and oxygen atoms in total. The molecule has 0 aliphatic carbocycles. The van der Waals surface area contributed by atoms with Crippen molar-refractivity contribution < 1.29 is 14.3 Å². The monoisotopic (exact) mass is 391 g/mol. The first-order valence-electron chi connectivity index (χ1n) is 7.28. The number of anilines is 1. The number of aryl methyl sites for hydroxylation is 2. The van der Waals surface area contributed by atoms with Crippen LogP contribution in [0.4, 0.5) is 5.69 Å². The van der Waals surface area contributed by atoms with Gasteiger partial charge in [-0.25, -0.2) is 4.79 Å². The lowest BCUT2D eigenvalue weighted by Gasteiger charge is -2.06. The van der Waals surface area contributed by atoms with Crippen LogP contribution in [0.25, 0.3) is 6.08 Å². The number of aromatic nitrogens is 2. The summed E-state index contributed by atoms with van der Waals surface area (Å²) in [6.45, 7) is 3.43. The Labute approximate surface area is 148 Å². The molecule has 2 rings (SSSR count). The molecule has 0 fully saturated rings. The number of rotatable bonds is 5. The molecule has 1 amide bonds. The van der Waals surface area contributed by atoms with E-state index in [9.17, 15) is 9.59 Å². The van der Waals surface area contributed by atoms with Gasteiger partial charge in [0.1, 0.15) is 0 Å². The molecule has 1 heterocycles. The summed E-state index contributed by atoms with van der Waals surface area (Å²) in [5.74, 6) is -0.989. The molecular formula is C17H18BrN3O3. The van der Waals surface area contributed by atoms with E-state index in [4.69, 9.17) is 4.74 Å². The molecule has 0 spiro atoms. The summed E-state index contributed by atoms with van der Waals surface area (Å²) < 4.78 is 7.44. The highest BCUT2D eigenvalue weighted by atomic mass is 79.9. The van der Waals surface area contributed by atoms with Crippen molar-refractivity contribution in [3.8, 4) is 0 Å². The molecular weight excluding hydrogens is 374 g/mol. The Kier molecular flexibility index (Phi) is 5.92. The number of nitrogens with zero attached hydrogens (tertiary/aromatic N) is 2. The Morgan fingerprint density at radius 2 is 2.04 bits per heavy atom. The lowest BCUT2D eigenvalue weighted by atomic mass is 10.2. The summed E-state index contributed by atoms with van der Waals surface area (Å²) in [6, 6.07) is 7.20. The number of carbonyl (C=O) groups excluding carboxylic acids is 2. The molecule has 7 heteroatoms. The zero-order valence-electron chi connectivity index (χ0n) is 13.7. The third kappa shape index (κ3) is 4.55. The zero-order chi connectivity index (χ0) is 17.7. The molecule has 2 aromatic rings. The molecule has 0 radical (unpaired) electrons. The second-order valence-electron chi connectivity index (χ2n) is 5.18. The van der Waals surface area contributed by atoms with Crippen LogP contribution < -0.4 is 5.32 Å². The van der Waals surface area contributed by atoms with Gasteiger partial charge in [0.2, 0.25) is 0 Å². The maximum atomic E-state index is 11.8. The molecule has 0 bridgehead atoms. The van der Waals surface area contributed by atoms with Gasteiger partial charge >= 0.3 is 5.97 Å². The molecule has 0 unspecified atom stereocenters. The fourth-order valence-corrected chi connectivity index (χ4v) is 2.50. The Bertz CT molecular complexity index is 796. The minimum Gasteiger partial charge on any atom is -0.452 e. The van der Waals surface area contributed by atoms with Crippen molar-refractivity contribution in [1.29, 1.82) is 0 Å². The first kappa shape index (κ1) is 17.9. The van der Waals surface area contributed by atoms with Crippen LogP contribution in [0.2, 0.25) is 0 Å². The summed E-state index contributed by atoms with van der Waals surface area (Å²) in [7, 11) is 1.84. The molecule has 0 aliphatic heterocycles. The molecule has 0 saturated carbocycles. The predicted molar refractivity (Wildman–Crippen MR) is 95.4 cm³/mol. The highest BCUT2D eigenvalue weighted by Crippen LogP contribution is 2.20. The third-order valence-corrected chi connectivity index (χ3v) is 4.14. The normalized spacial score (nSPS) is 10.8. The number of hydrogen-bond acceptors (Lipinski definition) is 4. The molecule has 0 atom stereocenters. The van der Waals surface area contributed by atoms with E-state index in [2.05, 4.69) is 26.3 Å². The molecule has 1 aromatic carbocycles. The minimum absolute atomic E-state index is 0.352. The van der Waals surface area contributed by atoms with Gasteiger partial charge < -0.3 is 10.1 Å². The van der Waals surface area contributed by atoms with Gasteiger partial charge in [-0.3, -0.25) is 9.48 Å². The maximum absolute atomic E-state index is 11.8. The van der Waals surface area contributed by atoms with E-state index in [0.717, 1.165) is 21.4 Å². The SMILES string of the molecule is Cc1nn(C)c(C)c1/C=C/C(=O)OCC(=O)Nc1ccccc1Br. The first-order valence-corrected chi connectivity index (χ1v) is 8.07. The van der Waals surface area contributed by atoms with Crippen LogP contribution in [0, 0.1) is 13.8 Å². The van der Waals surface area contributed by atoms with Crippen LogP contribution in [0.3, 0.4) is 0 Å². The fraction of sp³-hybridized carbons (Fsp3) is 0.235. The minimum atomic E-state index is -0.583. The average molecular weight is 392 g/mol. The number of halogens is 1. The second kappa shape index (κ2) is 7.92. The summed E-state index contributed by atoms with van der Waals surface area (Å²) >= 11 is 3.33. The van der Waals surface area contributed by atoms with Crippen LogP contribution in [-0.2, 0) is 21.4 Å². The van der Waals surface area contributed by atoms with Gasteiger partial charge in [0.05, 0.1) is 11.4 Å². The third-order valence-electron chi connectivity index (χ3n) is 3.44. The van der Waals surface area contributed by atoms with Gasteiger partial charge in [0.25, 0.3) is 5.91 Å². The Hall–Kier alpha value is -2.41. The molecule has 0 aliphatic rings. The molecule has 1 aromatic heterocycles. The van der Waals surface area contributed by atoms with E-state index in [0.29, 0.717) is 5.69 Å². The number of para-hydroxylation sites is 1. The van der Waals surface area contributed by atoms with Gasteiger partial charge in [-0.1, -0.05) is 12.1 Å². The molecule has 24 heavy (non-hydrogen) atoms. The number of carbonyl (C=O) groups is 2. The highest BCUT2D eigenvalue weighted by molar-refractivity contribution is 9.10. The first-order chi connectivity index (χ1) is 11.4. The van der Waals surface area contributed by atoms with Gasteiger partial charge in [0.15, 0.2) is 6.61 Å². The highest BCUT2D eigenvalue weighted by Gasteiger charge is 2.09. The van der Waals surface area contributed by atoms with Crippen molar-refractivity contribution in [2.24, 2.45) is 7.05 Å². The van der Waals surface area contributed by atoms with Crippen LogP contribution >= 0.6 is 15.9 Å². The number of benzene rings is 1. The van der Waals surface area contributed by atoms with Crippen molar-refractivity contribution in [3.63, 3.8) is 0 Å². The number of amides is 1. The van der Waals surface area contributed by atoms with Gasteiger partial charge in [-0.05, 0) is 48.0 Å². The summed E-state index contributed by atoms with van der Waals surface area (Å²) in [6.07, 6.45) is 2.94. The number of nitrogens with one attached hydrogen (secondary N) is 1. The van der Waals surface area contributed by atoms with E-state index < -0.39 is 11.9 Å². The lowest BCUT2D eigenvalue weighted by molar-refractivity contribution is -0.142. The van der Waals surface area contributed by atoms with Crippen LogP contribution in [-0.4, -0.2) is 28.3 Å². The van der Waals surface area contributed by atoms with Crippen molar-refractivity contribution in [1.82, 2.24) is 9.78 Å². The summed E-state index contributed by atoms with van der Waals surface area (Å²) in [5, 5.41) is 6.92. The van der Waals surface area contributed by atoms with Crippen molar-refractivity contribution in [3.05, 3.63) is 51.8 Å². The Morgan fingerprint density at radius 3 is 2.67 bits per heavy atom. The maximum Gasteiger partial charge on any atom is 0.331 e. The number of esters is 1. The molecule has 0 saturated heterocycles. The average Bonchev–Trinajstić information content (AvgIpc) is 2.78. The quantitative estimate of drug-likeness (QED) is 0.627. The van der Waals surface area contributed by atoms with E-state index in [1.165, 1.54) is 6.08 Å². The smallest absolute Gasteiger partial charge is 0.331 e. The Morgan fingerprint density at radius 1 is 1.33 bits per heavy atom. The standard InChI is InChI=1S/C17H18BrN3O3/c1-11-13(12(2)21(3)20-11)8-9-17(23)24-10-16(22)19-15-7-5-4-6-14(15)18/h4-9H,10H2,1-3H3,(H,19,22)/b9-8+. The summed E-state index contributed by atoms with van der Waals surface area (Å²) in [4.78, 5) is 23.6. The largest absolute Gasteiger partial charge is 0.452 e.